The zero-order chi connectivity index (χ0) is 16.8. The molecule has 7 heteroatoms. The molecule has 4 bridgehead atoms. The smallest absolute Gasteiger partial charge is 0.285 e. The lowest BCUT2D eigenvalue weighted by atomic mass is 9.54. The molecule has 5 rings (SSSR count). The first-order valence-electron chi connectivity index (χ1n) is 8.64. The molecule has 0 atom stereocenters. The third-order valence-corrected chi connectivity index (χ3v) is 6.05. The van der Waals surface area contributed by atoms with Gasteiger partial charge in [0.15, 0.2) is 0 Å². The van der Waals surface area contributed by atoms with Gasteiger partial charge in [0.25, 0.3) is 11.2 Å². The van der Waals surface area contributed by atoms with E-state index in [1.807, 2.05) is 0 Å². The van der Waals surface area contributed by atoms with Crippen LogP contribution in [0.5, 0.6) is 0 Å². The maximum atomic E-state index is 12.4. The SMILES string of the molecule is O=C(Cn1cc([N+](=O)[O-])ccc1=O)NC1C2CC3CC(C2)CC1C3. The van der Waals surface area contributed by atoms with Crippen LogP contribution in [0.1, 0.15) is 32.1 Å². The van der Waals surface area contributed by atoms with Gasteiger partial charge >= 0.3 is 0 Å². The average molecular weight is 331 g/mol. The first-order chi connectivity index (χ1) is 11.5. The van der Waals surface area contributed by atoms with Crippen molar-refractivity contribution in [3.63, 3.8) is 0 Å². The standard InChI is InChI=1S/C17H21N3O4/c21-15(9-19-8-14(20(23)24)1-2-16(19)22)18-17-12-4-10-3-11(6-12)7-13(17)5-10/h1-2,8,10-13,17H,3-7,9H2,(H,18,21). The Bertz CT molecular complexity index is 714. The normalized spacial score (nSPS) is 33.4. The molecule has 0 aromatic carbocycles. The molecule has 7 nitrogen and oxygen atoms in total. The van der Waals surface area contributed by atoms with Crippen LogP contribution in [0.15, 0.2) is 23.1 Å². The van der Waals surface area contributed by atoms with Gasteiger partial charge in [-0.3, -0.25) is 24.3 Å². The summed E-state index contributed by atoms with van der Waals surface area (Å²) in [4.78, 5) is 34.5. The Kier molecular flexibility index (Phi) is 3.66. The lowest BCUT2D eigenvalue weighted by Crippen LogP contribution is -2.56. The minimum atomic E-state index is -0.564. The summed E-state index contributed by atoms with van der Waals surface area (Å²) >= 11 is 0. The lowest BCUT2D eigenvalue weighted by molar-refractivity contribution is -0.385. The van der Waals surface area contributed by atoms with E-state index in [0.717, 1.165) is 34.7 Å². The molecule has 0 spiro atoms. The van der Waals surface area contributed by atoms with E-state index in [-0.39, 0.29) is 24.2 Å². The Morgan fingerprint density at radius 2 is 1.79 bits per heavy atom. The highest BCUT2D eigenvalue weighted by atomic mass is 16.6. The van der Waals surface area contributed by atoms with E-state index in [4.69, 9.17) is 0 Å². The fourth-order valence-corrected chi connectivity index (χ4v) is 5.30. The molecule has 4 fully saturated rings. The van der Waals surface area contributed by atoms with Gasteiger partial charge in [0.05, 0.1) is 11.1 Å². The molecule has 0 radical (unpaired) electrons. The Labute approximate surface area is 139 Å². The number of hydrogen-bond donors (Lipinski definition) is 1. The van der Waals surface area contributed by atoms with Crippen LogP contribution in [0.25, 0.3) is 0 Å². The summed E-state index contributed by atoms with van der Waals surface area (Å²) in [6.45, 7) is -0.163. The van der Waals surface area contributed by atoms with Crippen LogP contribution in [0, 0.1) is 33.8 Å². The maximum absolute atomic E-state index is 12.4. The van der Waals surface area contributed by atoms with Crippen molar-refractivity contribution in [2.24, 2.45) is 23.7 Å². The van der Waals surface area contributed by atoms with Gasteiger partial charge in [-0.15, -0.1) is 0 Å². The molecular weight excluding hydrogens is 310 g/mol. The van der Waals surface area contributed by atoms with Gasteiger partial charge in [-0.2, -0.15) is 0 Å². The number of hydrogen-bond acceptors (Lipinski definition) is 4. The van der Waals surface area contributed by atoms with Crippen molar-refractivity contribution >= 4 is 11.6 Å². The first-order valence-corrected chi connectivity index (χ1v) is 8.64. The molecule has 1 N–H and O–H groups in total. The first kappa shape index (κ1) is 15.4. The third-order valence-electron chi connectivity index (χ3n) is 6.05. The number of aromatic nitrogens is 1. The number of nitro groups is 1. The molecule has 4 saturated carbocycles. The molecule has 24 heavy (non-hydrogen) atoms. The minimum absolute atomic E-state index is 0.163. The molecule has 4 aliphatic carbocycles. The van der Waals surface area contributed by atoms with E-state index >= 15 is 0 Å². The summed E-state index contributed by atoms with van der Waals surface area (Å²) in [6, 6.07) is 2.50. The molecule has 1 amide bonds. The number of nitrogens with zero attached hydrogens (tertiary/aromatic N) is 2. The Morgan fingerprint density at radius 3 is 2.38 bits per heavy atom. The highest BCUT2D eigenvalue weighted by Crippen LogP contribution is 2.53. The molecule has 1 aromatic rings. The molecule has 1 heterocycles. The molecule has 0 saturated heterocycles. The molecular formula is C17H21N3O4. The Morgan fingerprint density at radius 1 is 1.17 bits per heavy atom. The summed E-state index contributed by atoms with van der Waals surface area (Å²) in [6.07, 6.45) is 7.31. The lowest BCUT2D eigenvalue weighted by Gasteiger charge is -2.54. The van der Waals surface area contributed by atoms with Crippen molar-refractivity contribution in [2.45, 2.75) is 44.7 Å². The van der Waals surface area contributed by atoms with Gasteiger partial charge in [-0.25, -0.2) is 0 Å². The predicted octanol–water partition coefficient (Wildman–Crippen LogP) is 1.70. The fourth-order valence-electron chi connectivity index (χ4n) is 5.30. The van der Waals surface area contributed by atoms with Crippen molar-refractivity contribution in [3.05, 3.63) is 38.8 Å². The second-order valence-electron chi connectivity index (χ2n) is 7.63. The van der Waals surface area contributed by atoms with Crippen LogP contribution in [-0.4, -0.2) is 21.4 Å². The van der Waals surface area contributed by atoms with Crippen molar-refractivity contribution < 1.29 is 9.72 Å². The second kappa shape index (κ2) is 5.72. The molecule has 128 valence electrons. The number of carbonyl (C=O) groups excluding carboxylic acids is 1. The Balaban J connectivity index is 1.45. The number of rotatable bonds is 4. The summed E-state index contributed by atoms with van der Waals surface area (Å²) in [5.74, 6) is 2.56. The van der Waals surface area contributed by atoms with Crippen molar-refractivity contribution in [1.82, 2.24) is 9.88 Å². The number of amides is 1. The number of pyridine rings is 1. The van der Waals surface area contributed by atoms with Gasteiger partial charge in [-0.05, 0) is 55.8 Å². The van der Waals surface area contributed by atoms with Crippen molar-refractivity contribution in [2.75, 3.05) is 0 Å². The predicted molar refractivity (Wildman–Crippen MR) is 86.3 cm³/mol. The van der Waals surface area contributed by atoms with E-state index in [1.165, 1.54) is 32.1 Å². The highest BCUT2D eigenvalue weighted by Gasteiger charge is 2.48. The molecule has 4 aliphatic rings. The zero-order valence-corrected chi connectivity index (χ0v) is 13.4. The van der Waals surface area contributed by atoms with Crippen LogP contribution in [-0.2, 0) is 11.3 Å². The third kappa shape index (κ3) is 2.72. The maximum Gasteiger partial charge on any atom is 0.285 e. The van der Waals surface area contributed by atoms with Gasteiger partial charge in [-0.1, -0.05) is 0 Å². The number of carbonyl (C=O) groups is 1. The highest BCUT2D eigenvalue weighted by molar-refractivity contribution is 5.76. The van der Waals surface area contributed by atoms with Crippen LogP contribution < -0.4 is 10.9 Å². The van der Waals surface area contributed by atoms with Gasteiger partial charge in [0.1, 0.15) is 6.54 Å². The van der Waals surface area contributed by atoms with Crippen LogP contribution in [0.4, 0.5) is 5.69 Å². The molecule has 0 aliphatic heterocycles. The van der Waals surface area contributed by atoms with E-state index in [9.17, 15) is 19.7 Å². The van der Waals surface area contributed by atoms with Gasteiger partial charge in [0.2, 0.25) is 5.91 Å². The topological polar surface area (TPSA) is 94.2 Å². The van der Waals surface area contributed by atoms with Crippen molar-refractivity contribution in [1.29, 1.82) is 0 Å². The zero-order valence-electron chi connectivity index (χ0n) is 13.4. The minimum Gasteiger partial charge on any atom is -0.351 e. The van der Waals surface area contributed by atoms with E-state index in [2.05, 4.69) is 5.32 Å². The van der Waals surface area contributed by atoms with Crippen LogP contribution in [0.3, 0.4) is 0 Å². The second-order valence-corrected chi connectivity index (χ2v) is 7.63. The summed E-state index contributed by atoms with van der Waals surface area (Å²) < 4.78 is 1.11. The quantitative estimate of drug-likeness (QED) is 0.671. The fraction of sp³-hybridized carbons (Fsp3) is 0.647. The monoisotopic (exact) mass is 331 g/mol. The largest absolute Gasteiger partial charge is 0.351 e. The van der Waals surface area contributed by atoms with Gasteiger partial charge < -0.3 is 5.32 Å². The molecule has 0 unspecified atom stereocenters. The van der Waals surface area contributed by atoms with E-state index in [1.54, 1.807) is 0 Å². The molecule has 1 aromatic heterocycles. The van der Waals surface area contributed by atoms with E-state index < -0.39 is 10.5 Å². The number of nitrogens with one attached hydrogen (secondary N) is 1. The van der Waals surface area contributed by atoms with Crippen LogP contribution >= 0.6 is 0 Å². The summed E-state index contributed by atoms with van der Waals surface area (Å²) in [5.41, 5.74) is -0.585. The Hall–Kier alpha value is -2.18. The average Bonchev–Trinajstić information content (AvgIpc) is 2.52. The van der Waals surface area contributed by atoms with E-state index in [0.29, 0.717) is 11.8 Å². The van der Waals surface area contributed by atoms with Gasteiger partial charge in [0, 0.05) is 18.2 Å². The van der Waals surface area contributed by atoms with Crippen molar-refractivity contribution in [3.8, 4) is 0 Å². The van der Waals surface area contributed by atoms with Crippen LogP contribution in [0.2, 0.25) is 0 Å². The summed E-state index contributed by atoms with van der Waals surface area (Å²) in [5, 5.41) is 13.9. The summed E-state index contributed by atoms with van der Waals surface area (Å²) in [7, 11) is 0.